The summed E-state index contributed by atoms with van der Waals surface area (Å²) in [5, 5.41) is 9.65. The molecule has 0 aliphatic rings. The zero-order chi connectivity index (χ0) is 17.8. The van der Waals surface area contributed by atoms with Crippen LogP contribution in [0.3, 0.4) is 0 Å². The van der Waals surface area contributed by atoms with E-state index in [1.807, 2.05) is 32.0 Å². The molecule has 2 N–H and O–H groups in total. The summed E-state index contributed by atoms with van der Waals surface area (Å²) in [6, 6.07) is 12.4. The SMILES string of the molecule is Cc1cc(C)cc(NC(=O)Cc2n[nH]c(Cc3ccccc3F)n2)c1. The summed E-state index contributed by atoms with van der Waals surface area (Å²) in [7, 11) is 0. The van der Waals surface area contributed by atoms with Crippen molar-refractivity contribution in [2.45, 2.75) is 26.7 Å². The number of nitrogens with one attached hydrogen (secondary N) is 2. The number of amides is 1. The van der Waals surface area contributed by atoms with Crippen molar-refractivity contribution in [1.29, 1.82) is 0 Å². The number of rotatable bonds is 5. The third kappa shape index (κ3) is 4.50. The van der Waals surface area contributed by atoms with Crippen LogP contribution in [0, 0.1) is 19.7 Å². The van der Waals surface area contributed by atoms with Crippen LogP contribution in [-0.2, 0) is 17.6 Å². The minimum absolute atomic E-state index is 0.0563. The molecule has 0 bridgehead atoms. The monoisotopic (exact) mass is 338 g/mol. The molecule has 3 aromatic rings. The highest BCUT2D eigenvalue weighted by molar-refractivity contribution is 5.92. The number of H-pyrrole nitrogens is 1. The van der Waals surface area contributed by atoms with E-state index in [1.165, 1.54) is 6.07 Å². The van der Waals surface area contributed by atoms with Gasteiger partial charge >= 0.3 is 0 Å². The van der Waals surface area contributed by atoms with Crippen LogP contribution in [-0.4, -0.2) is 21.1 Å². The van der Waals surface area contributed by atoms with Crippen molar-refractivity contribution >= 4 is 11.6 Å². The van der Waals surface area contributed by atoms with Crippen molar-refractivity contribution in [3.05, 3.63) is 76.6 Å². The average Bonchev–Trinajstić information content (AvgIpc) is 2.95. The van der Waals surface area contributed by atoms with E-state index in [2.05, 4.69) is 20.5 Å². The third-order valence-electron chi connectivity index (χ3n) is 3.72. The van der Waals surface area contributed by atoms with E-state index in [-0.39, 0.29) is 18.1 Å². The van der Waals surface area contributed by atoms with E-state index in [4.69, 9.17) is 0 Å². The van der Waals surface area contributed by atoms with Crippen LogP contribution in [0.15, 0.2) is 42.5 Å². The van der Waals surface area contributed by atoms with E-state index < -0.39 is 0 Å². The molecule has 0 aliphatic heterocycles. The molecular formula is C19H19FN4O. The van der Waals surface area contributed by atoms with Gasteiger partial charge in [-0.1, -0.05) is 24.3 Å². The van der Waals surface area contributed by atoms with Gasteiger partial charge < -0.3 is 5.32 Å². The van der Waals surface area contributed by atoms with Crippen LogP contribution in [0.4, 0.5) is 10.1 Å². The molecule has 0 saturated carbocycles. The van der Waals surface area contributed by atoms with Crippen molar-refractivity contribution in [2.75, 3.05) is 5.32 Å². The number of aryl methyl sites for hydroxylation is 2. The summed E-state index contributed by atoms with van der Waals surface area (Å²) in [4.78, 5) is 16.4. The van der Waals surface area contributed by atoms with Gasteiger partial charge in [-0.3, -0.25) is 9.89 Å². The quantitative estimate of drug-likeness (QED) is 0.749. The molecule has 25 heavy (non-hydrogen) atoms. The zero-order valence-corrected chi connectivity index (χ0v) is 14.1. The minimum Gasteiger partial charge on any atom is -0.326 e. The van der Waals surface area contributed by atoms with Gasteiger partial charge in [0.2, 0.25) is 5.91 Å². The fourth-order valence-corrected chi connectivity index (χ4v) is 2.71. The van der Waals surface area contributed by atoms with Crippen molar-refractivity contribution in [3.63, 3.8) is 0 Å². The highest BCUT2D eigenvalue weighted by Gasteiger charge is 2.11. The van der Waals surface area contributed by atoms with Gasteiger partial charge in [-0.15, -0.1) is 0 Å². The van der Waals surface area contributed by atoms with Gasteiger partial charge in [-0.05, 0) is 48.7 Å². The number of carbonyl (C=O) groups excluding carboxylic acids is 1. The maximum absolute atomic E-state index is 13.7. The van der Waals surface area contributed by atoms with Crippen LogP contribution in [0.1, 0.15) is 28.3 Å². The molecule has 0 fully saturated rings. The molecule has 1 heterocycles. The first-order chi connectivity index (χ1) is 12.0. The Labute approximate surface area is 145 Å². The summed E-state index contributed by atoms with van der Waals surface area (Å²) in [6.45, 7) is 3.96. The maximum atomic E-state index is 13.7. The average molecular weight is 338 g/mol. The number of aromatic amines is 1. The van der Waals surface area contributed by atoms with Gasteiger partial charge in [0.05, 0.1) is 6.42 Å². The Morgan fingerprint density at radius 3 is 2.60 bits per heavy atom. The molecular weight excluding hydrogens is 319 g/mol. The number of anilines is 1. The molecule has 128 valence electrons. The number of benzene rings is 2. The molecule has 0 radical (unpaired) electrons. The number of hydrogen-bond acceptors (Lipinski definition) is 3. The van der Waals surface area contributed by atoms with Gasteiger partial charge in [-0.25, -0.2) is 9.37 Å². The lowest BCUT2D eigenvalue weighted by atomic mass is 10.1. The molecule has 5 nitrogen and oxygen atoms in total. The van der Waals surface area contributed by atoms with Gasteiger partial charge in [0.25, 0.3) is 0 Å². The molecule has 1 amide bonds. The van der Waals surface area contributed by atoms with Crippen LogP contribution in [0.25, 0.3) is 0 Å². The van der Waals surface area contributed by atoms with Gasteiger partial charge in [0.1, 0.15) is 11.6 Å². The smallest absolute Gasteiger partial charge is 0.232 e. The van der Waals surface area contributed by atoms with E-state index in [0.29, 0.717) is 23.6 Å². The van der Waals surface area contributed by atoms with Crippen LogP contribution in [0.5, 0.6) is 0 Å². The highest BCUT2D eigenvalue weighted by Crippen LogP contribution is 2.14. The molecule has 6 heteroatoms. The Morgan fingerprint density at radius 1 is 1.16 bits per heavy atom. The van der Waals surface area contributed by atoms with E-state index in [0.717, 1.165) is 16.8 Å². The predicted octanol–water partition coefficient (Wildman–Crippen LogP) is 3.33. The maximum Gasteiger partial charge on any atom is 0.232 e. The van der Waals surface area contributed by atoms with Gasteiger partial charge in [0.15, 0.2) is 5.82 Å². The molecule has 3 rings (SSSR count). The van der Waals surface area contributed by atoms with Crippen LogP contribution < -0.4 is 5.32 Å². The molecule has 2 aromatic carbocycles. The Hall–Kier alpha value is -3.02. The van der Waals surface area contributed by atoms with Crippen molar-refractivity contribution in [1.82, 2.24) is 15.2 Å². The van der Waals surface area contributed by atoms with Gasteiger partial charge in [0, 0.05) is 12.1 Å². The van der Waals surface area contributed by atoms with Crippen LogP contribution >= 0.6 is 0 Å². The van der Waals surface area contributed by atoms with Gasteiger partial charge in [-0.2, -0.15) is 5.10 Å². The van der Waals surface area contributed by atoms with E-state index in [1.54, 1.807) is 18.2 Å². The zero-order valence-electron chi connectivity index (χ0n) is 14.1. The normalized spacial score (nSPS) is 10.7. The fourth-order valence-electron chi connectivity index (χ4n) is 2.71. The van der Waals surface area contributed by atoms with E-state index in [9.17, 15) is 9.18 Å². The lowest BCUT2D eigenvalue weighted by Gasteiger charge is -2.06. The van der Waals surface area contributed by atoms with Crippen molar-refractivity contribution < 1.29 is 9.18 Å². The lowest BCUT2D eigenvalue weighted by Crippen LogP contribution is -2.15. The third-order valence-corrected chi connectivity index (χ3v) is 3.72. The largest absolute Gasteiger partial charge is 0.326 e. The first-order valence-corrected chi connectivity index (χ1v) is 8.01. The van der Waals surface area contributed by atoms with Crippen LogP contribution in [0.2, 0.25) is 0 Å². The number of carbonyl (C=O) groups is 1. The molecule has 1 aromatic heterocycles. The minimum atomic E-state index is -0.284. The Morgan fingerprint density at radius 2 is 1.88 bits per heavy atom. The Balaban J connectivity index is 1.63. The second kappa shape index (κ2) is 7.25. The van der Waals surface area contributed by atoms with Crippen molar-refractivity contribution in [3.8, 4) is 0 Å². The van der Waals surface area contributed by atoms with Crippen molar-refractivity contribution in [2.24, 2.45) is 0 Å². The Kier molecular flexibility index (Phi) is 4.88. The summed E-state index contributed by atoms with van der Waals surface area (Å²) in [6.07, 6.45) is 0.360. The molecule has 0 unspecified atom stereocenters. The second-order valence-corrected chi connectivity index (χ2v) is 6.07. The topological polar surface area (TPSA) is 70.7 Å². The first kappa shape index (κ1) is 16.8. The number of aromatic nitrogens is 3. The number of hydrogen-bond donors (Lipinski definition) is 2. The number of halogens is 1. The first-order valence-electron chi connectivity index (χ1n) is 8.01. The summed E-state index contributed by atoms with van der Waals surface area (Å²) in [5.74, 6) is 0.432. The second-order valence-electron chi connectivity index (χ2n) is 6.07. The molecule has 0 saturated heterocycles. The molecule has 0 atom stereocenters. The summed E-state index contributed by atoms with van der Waals surface area (Å²) >= 11 is 0. The predicted molar refractivity (Wildman–Crippen MR) is 93.8 cm³/mol. The molecule has 0 spiro atoms. The standard InChI is InChI=1S/C19H19FN4O/c1-12-7-13(2)9-15(8-12)21-19(25)11-18-22-17(23-24-18)10-14-5-3-4-6-16(14)20/h3-9H,10-11H2,1-2H3,(H,21,25)(H,22,23,24). The Bertz CT molecular complexity index is 884. The molecule has 0 aliphatic carbocycles. The lowest BCUT2D eigenvalue weighted by molar-refractivity contribution is -0.115. The summed E-state index contributed by atoms with van der Waals surface area (Å²) in [5.41, 5.74) is 3.45. The summed E-state index contributed by atoms with van der Waals surface area (Å²) < 4.78 is 13.7. The fraction of sp³-hybridized carbons (Fsp3) is 0.211. The van der Waals surface area contributed by atoms with E-state index >= 15 is 0 Å². The number of nitrogens with zero attached hydrogens (tertiary/aromatic N) is 2. The highest BCUT2D eigenvalue weighted by atomic mass is 19.1.